The topological polar surface area (TPSA) is 102 Å². The largest absolute Gasteiger partial charge is 0.380 e. The average Bonchev–Trinajstić information content (AvgIpc) is 2.74. The molecule has 0 saturated carbocycles. The van der Waals surface area contributed by atoms with Crippen molar-refractivity contribution in [3.05, 3.63) is 63.7 Å². The first kappa shape index (κ1) is 21.2. The molecule has 9 heteroatoms. The van der Waals surface area contributed by atoms with Crippen LogP contribution in [0.2, 0.25) is 0 Å². The van der Waals surface area contributed by atoms with E-state index >= 15 is 0 Å². The second-order valence-electron chi connectivity index (χ2n) is 7.00. The summed E-state index contributed by atoms with van der Waals surface area (Å²) >= 11 is 0. The lowest BCUT2D eigenvalue weighted by molar-refractivity contribution is -0.384. The zero-order chi connectivity index (χ0) is 20.9. The molecule has 2 aromatic carbocycles. The highest BCUT2D eigenvalue weighted by Crippen LogP contribution is 2.30. The fraction of sp³-hybridized carbons (Fsp3) is 0.400. The number of rotatable bonds is 8. The molecule has 2 aromatic rings. The average molecular weight is 420 g/mol. The number of benzene rings is 2. The first-order valence-electron chi connectivity index (χ1n) is 9.51. The maximum atomic E-state index is 12.8. The van der Waals surface area contributed by atoms with Crippen LogP contribution in [0.25, 0.3) is 0 Å². The Morgan fingerprint density at radius 2 is 1.72 bits per heavy atom. The van der Waals surface area contributed by atoms with Crippen LogP contribution in [0, 0.1) is 10.1 Å². The molecular weight excluding hydrogens is 394 g/mol. The predicted molar refractivity (Wildman–Crippen MR) is 110 cm³/mol. The van der Waals surface area contributed by atoms with Crippen LogP contribution in [0.4, 0.5) is 11.4 Å². The minimum absolute atomic E-state index is 0.0411. The maximum absolute atomic E-state index is 12.8. The third kappa shape index (κ3) is 5.11. The van der Waals surface area contributed by atoms with Crippen LogP contribution >= 0.6 is 0 Å². The van der Waals surface area contributed by atoms with Gasteiger partial charge < -0.3 is 10.1 Å². The number of nitrogens with one attached hydrogen (secondary N) is 1. The normalized spacial score (nSPS) is 15.2. The summed E-state index contributed by atoms with van der Waals surface area (Å²) in [5.74, 6) is 0. The van der Waals surface area contributed by atoms with Gasteiger partial charge >= 0.3 is 0 Å². The van der Waals surface area contributed by atoms with Gasteiger partial charge in [-0.05, 0) is 36.1 Å². The molecule has 1 aliphatic rings. The maximum Gasteiger partial charge on any atom is 0.293 e. The second-order valence-corrected chi connectivity index (χ2v) is 8.94. The smallest absolute Gasteiger partial charge is 0.293 e. The van der Waals surface area contributed by atoms with Crippen LogP contribution in [0.1, 0.15) is 30.4 Å². The SMILES string of the molecule is COCc1ccc(CNc2ccc(S(=O)(=O)N3CCCCC3)cc2[N+](=O)[O-])cc1. The molecular formula is C20H25N3O5S. The van der Waals surface area contributed by atoms with E-state index in [1.807, 2.05) is 24.3 Å². The predicted octanol–water partition coefficient (Wildman–Crippen LogP) is 3.53. The third-order valence-electron chi connectivity index (χ3n) is 4.94. The van der Waals surface area contributed by atoms with Gasteiger partial charge in [0.05, 0.1) is 16.4 Å². The van der Waals surface area contributed by atoms with Crippen LogP contribution in [0.15, 0.2) is 47.4 Å². The van der Waals surface area contributed by atoms with E-state index in [0.717, 1.165) is 36.5 Å². The molecule has 0 amide bonds. The van der Waals surface area contributed by atoms with Crippen molar-refractivity contribution in [3.8, 4) is 0 Å². The van der Waals surface area contributed by atoms with Crippen molar-refractivity contribution in [2.75, 3.05) is 25.5 Å². The molecule has 0 bridgehead atoms. The summed E-state index contributed by atoms with van der Waals surface area (Å²) in [5, 5.41) is 14.6. The van der Waals surface area contributed by atoms with Crippen molar-refractivity contribution in [2.45, 2.75) is 37.3 Å². The number of sulfonamides is 1. The van der Waals surface area contributed by atoms with Crippen molar-refractivity contribution >= 4 is 21.4 Å². The number of hydrogen-bond acceptors (Lipinski definition) is 6. The molecule has 1 N–H and O–H groups in total. The first-order chi connectivity index (χ1) is 13.9. The van der Waals surface area contributed by atoms with Gasteiger partial charge in [-0.3, -0.25) is 10.1 Å². The summed E-state index contributed by atoms with van der Waals surface area (Å²) in [7, 11) is -2.09. The molecule has 156 valence electrons. The van der Waals surface area contributed by atoms with Gasteiger partial charge in [-0.15, -0.1) is 0 Å². The van der Waals surface area contributed by atoms with Gasteiger partial charge in [0.15, 0.2) is 0 Å². The Kier molecular flexibility index (Phi) is 6.83. The lowest BCUT2D eigenvalue weighted by Gasteiger charge is -2.25. The Bertz CT molecular complexity index is 955. The van der Waals surface area contributed by atoms with Crippen LogP contribution < -0.4 is 5.32 Å². The summed E-state index contributed by atoms with van der Waals surface area (Å²) in [6.07, 6.45) is 2.62. The van der Waals surface area contributed by atoms with Crippen LogP contribution in [-0.4, -0.2) is 37.8 Å². The molecule has 29 heavy (non-hydrogen) atoms. The molecule has 1 heterocycles. The summed E-state index contributed by atoms with van der Waals surface area (Å²) in [6, 6.07) is 11.8. The van der Waals surface area contributed by atoms with Gasteiger partial charge in [0.2, 0.25) is 10.0 Å². The van der Waals surface area contributed by atoms with E-state index in [1.54, 1.807) is 7.11 Å². The molecule has 0 aliphatic carbocycles. The number of piperidine rings is 1. The number of anilines is 1. The molecule has 1 aliphatic heterocycles. The van der Waals surface area contributed by atoms with E-state index in [1.165, 1.54) is 16.4 Å². The number of hydrogen-bond donors (Lipinski definition) is 1. The van der Waals surface area contributed by atoms with Gasteiger partial charge in [0.1, 0.15) is 5.69 Å². The molecule has 0 spiro atoms. The zero-order valence-electron chi connectivity index (χ0n) is 16.3. The number of nitro groups is 1. The first-order valence-corrected chi connectivity index (χ1v) is 10.9. The van der Waals surface area contributed by atoms with Gasteiger partial charge in [0, 0.05) is 32.8 Å². The Morgan fingerprint density at radius 3 is 2.34 bits per heavy atom. The quantitative estimate of drug-likeness (QED) is 0.519. The highest BCUT2D eigenvalue weighted by Gasteiger charge is 2.28. The minimum Gasteiger partial charge on any atom is -0.380 e. The summed E-state index contributed by atoms with van der Waals surface area (Å²) in [5.41, 5.74) is 2.02. The summed E-state index contributed by atoms with van der Waals surface area (Å²) in [4.78, 5) is 11.0. The van der Waals surface area contributed by atoms with Gasteiger partial charge in [-0.1, -0.05) is 30.7 Å². The van der Waals surface area contributed by atoms with Gasteiger partial charge in [0.25, 0.3) is 5.69 Å². The van der Waals surface area contributed by atoms with Crippen molar-refractivity contribution in [3.63, 3.8) is 0 Å². The highest BCUT2D eigenvalue weighted by molar-refractivity contribution is 7.89. The number of nitrogens with zero attached hydrogens (tertiary/aromatic N) is 2. The lowest BCUT2D eigenvalue weighted by Crippen LogP contribution is -2.35. The molecule has 3 rings (SSSR count). The van der Waals surface area contributed by atoms with E-state index in [2.05, 4.69) is 5.32 Å². The molecule has 0 unspecified atom stereocenters. The highest BCUT2D eigenvalue weighted by atomic mass is 32.2. The van der Waals surface area contributed by atoms with E-state index in [0.29, 0.717) is 26.2 Å². The van der Waals surface area contributed by atoms with Gasteiger partial charge in [-0.2, -0.15) is 4.31 Å². The standard InChI is InChI=1S/C20H25N3O5S/c1-28-15-17-7-5-16(6-8-17)14-21-19-10-9-18(13-20(19)23(24)25)29(26,27)22-11-3-2-4-12-22/h5-10,13,21H,2-4,11-12,14-15H2,1H3. The molecule has 0 atom stereocenters. The zero-order valence-corrected chi connectivity index (χ0v) is 17.2. The van der Waals surface area contributed by atoms with Crippen molar-refractivity contribution in [1.82, 2.24) is 4.31 Å². The second kappa shape index (κ2) is 9.34. The summed E-state index contributed by atoms with van der Waals surface area (Å²) in [6.45, 7) is 1.81. The molecule has 0 aromatic heterocycles. The van der Waals surface area contributed by atoms with E-state index in [4.69, 9.17) is 4.74 Å². The Hall–Kier alpha value is -2.49. The van der Waals surface area contributed by atoms with Crippen molar-refractivity contribution in [1.29, 1.82) is 0 Å². The number of methoxy groups -OCH3 is 1. The number of nitro benzene ring substituents is 1. The molecule has 8 nitrogen and oxygen atoms in total. The van der Waals surface area contributed by atoms with Crippen molar-refractivity contribution in [2.24, 2.45) is 0 Å². The monoisotopic (exact) mass is 419 g/mol. The Labute approximate surface area is 170 Å². The fourth-order valence-corrected chi connectivity index (χ4v) is 4.88. The van der Waals surface area contributed by atoms with Gasteiger partial charge in [-0.25, -0.2) is 8.42 Å². The molecule has 1 fully saturated rings. The molecule has 0 radical (unpaired) electrons. The van der Waals surface area contributed by atoms with Crippen LogP contribution in [0.5, 0.6) is 0 Å². The van der Waals surface area contributed by atoms with E-state index < -0.39 is 14.9 Å². The van der Waals surface area contributed by atoms with Crippen LogP contribution in [0.3, 0.4) is 0 Å². The lowest BCUT2D eigenvalue weighted by atomic mass is 10.1. The number of ether oxygens (including phenoxy) is 1. The Morgan fingerprint density at radius 1 is 1.07 bits per heavy atom. The van der Waals surface area contributed by atoms with Crippen LogP contribution in [-0.2, 0) is 27.9 Å². The van der Waals surface area contributed by atoms with E-state index in [9.17, 15) is 18.5 Å². The fourth-order valence-electron chi connectivity index (χ4n) is 3.34. The van der Waals surface area contributed by atoms with E-state index in [-0.39, 0.29) is 16.3 Å². The molecule has 1 saturated heterocycles. The van der Waals surface area contributed by atoms with Crippen molar-refractivity contribution < 1.29 is 18.1 Å². The third-order valence-corrected chi connectivity index (χ3v) is 6.83. The minimum atomic E-state index is -3.72. The summed E-state index contributed by atoms with van der Waals surface area (Å²) < 4.78 is 32.1. The Balaban J connectivity index is 1.78.